The number of pyridine rings is 2. The summed E-state index contributed by atoms with van der Waals surface area (Å²) in [5.41, 5.74) is 2.46. The second-order valence-electron chi connectivity index (χ2n) is 15.2. The lowest BCUT2D eigenvalue weighted by atomic mass is 9.96. The van der Waals surface area contributed by atoms with Crippen LogP contribution in [0.1, 0.15) is 41.3 Å². The van der Waals surface area contributed by atoms with E-state index in [1.54, 1.807) is 33.3 Å². The van der Waals surface area contributed by atoms with Gasteiger partial charge >= 0.3 is 17.9 Å². The highest BCUT2D eigenvalue weighted by molar-refractivity contribution is 6.36. The van der Waals surface area contributed by atoms with Crippen molar-refractivity contribution >= 4 is 40.0 Å². The molecule has 2 unspecified atom stereocenters. The van der Waals surface area contributed by atoms with Crippen LogP contribution in [0.15, 0.2) is 58.1 Å². The van der Waals surface area contributed by atoms with E-state index in [4.69, 9.17) is 26.1 Å². The first kappa shape index (κ1) is 39.4. The van der Waals surface area contributed by atoms with Crippen molar-refractivity contribution in [2.75, 3.05) is 52.3 Å². The Balaban J connectivity index is 1.11. The highest BCUT2D eigenvalue weighted by atomic mass is 35.5. The van der Waals surface area contributed by atoms with Crippen LogP contribution < -0.4 is 26.6 Å². The van der Waals surface area contributed by atoms with E-state index in [2.05, 4.69) is 26.6 Å². The third-order valence-corrected chi connectivity index (χ3v) is 12.2. The molecule has 2 amide bonds. The van der Waals surface area contributed by atoms with Gasteiger partial charge < -0.3 is 25.0 Å². The molecule has 2 N–H and O–H groups in total. The van der Waals surface area contributed by atoms with E-state index in [0.29, 0.717) is 70.3 Å². The van der Waals surface area contributed by atoms with Gasteiger partial charge in [0.15, 0.2) is 0 Å². The number of carbonyl (C=O) groups is 1. The van der Waals surface area contributed by atoms with Gasteiger partial charge in [0.25, 0.3) is 5.56 Å². The number of benzene rings is 2. The number of methoxy groups -OCH3 is 2. The van der Waals surface area contributed by atoms with Gasteiger partial charge in [-0.3, -0.25) is 18.8 Å². The van der Waals surface area contributed by atoms with Gasteiger partial charge in [0.2, 0.25) is 5.88 Å². The summed E-state index contributed by atoms with van der Waals surface area (Å²) in [5, 5.41) is 6.47. The number of carbonyl (C=O) groups excluding carboxylic acids is 1. The Morgan fingerprint density at radius 2 is 1.74 bits per heavy atom. The van der Waals surface area contributed by atoms with Gasteiger partial charge in [-0.25, -0.2) is 19.6 Å². The van der Waals surface area contributed by atoms with Crippen LogP contribution in [0.5, 0.6) is 5.88 Å². The number of rotatable bonds is 9. The first-order valence-electron chi connectivity index (χ1n) is 18.9. The molecule has 1 spiro atoms. The topological polar surface area (TPSA) is 136 Å². The minimum Gasteiger partial charge on any atom is -0.481 e. The summed E-state index contributed by atoms with van der Waals surface area (Å²) in [6.07, 6.45) is -2.33. The number of nitrogens with one attached hydrogen (secondary N) is 2. The second kappa shape index (κ2) is 14.7. The number of urea groups is 1. The molecule has 0 radical (unpaired) electrons. The monoisotopic (exact) mass is 818 g/mol. The third kappa shape index (κ3) is 6.66. The van der Waals surface area contributed by atoms with Gasteiger partial charge in [-0.1, -0.05) is 41.9 Å². The number of halogens is 4. The molecule has 3 aromatic heterocycles. The zero-order chi connectivity index (χ0) is 41.3. The van der Waals surface area contributed by atoms with E-state index in [1.807, 2.05) is 29.2 Å². The van der Waals surface area contributed by atoms with Crippen LogP contribution >= 0.6 is 11.6 Å². The Morgan fingerprint density at radius 1 is 1.00 bits per heavy atom. The van der Waals surface area contributed by atoms with Crippen LogP contribution in [0, 0.1) is 6.92 Å². The molecule has 1 aliphatic carbocycles. The Bertz CT molecular complexity index is 2610. The number of likely N-dealkylation sites (tertiary alicyclic amines) is 1. The highest BCUT2D eigenvalue weighted by Gasteiger charge is 2.49. The minimum absolute atomic E-state index is 0.0607. The van der Waals surface area contributed by atoms with Crippen LogP contribution in [0.3, 0.4) is 0 Å². The van der Waals surface area contributed by atoms with Gasteiger partial charge in [-0.05, 0) is 61.1 Å². The van der Waals surface area contributed by atoms with Crippen molar-refractivity contribution in [2.45, 2.75) is 43.9 Å². The molecule has 5 heterocycles. The molecule has 2 atom stereocenters. The van der Waals surface area contributed by atoms with Crippen LogP contribution in [0.4, 0.5) is 29.5 Å². The molecule has 0 saturated carbocycles. The summed E-state index contributed by atoms with van der Waals surface area (Å²) in [6.45, 7) is 4.99. The van der Waals surface area contributed by atoms with Crippen molar-refractivity contribution in [3.63, 3.8) is 0 Å². The quantitative estimate of drug-likeness (QED) is 0.178. The van der Waals surface area contributed by atoms with E-state index in [0.717, 1.165) is 52.6 Å². The number of nitrogens with zero attached hydrogens (tertiary/aromatic N) is 6. The molecule has 2 fully saturated rings. The van der Waals surface area contributed by atoms with Gasteiger partial charge in [-0.2, -0.15) is 13.2 Å². The van der Waals surface area contributed by atoms with Crippen LogP contribution in [-0.2, 0) is 31.4 Å². The lowest BCUT2D eigenvalue weighted by molar-refractivity contribution is -0.141. The van der Waals surface area contributed by atoms with Crippen molar-refractivity contribution in [3.8, 4) is 28.3 Å². The molecule has 2 aromatic carbocycles. The fourth-order valence-electron chi connectivity index (χ4n) is 8.76. The summed E-state index contributed by atoms with van der Waals surface area (Å²) in [4.78, 5) is 51.8. The van der Waals surface area contributed by atoms with Crippen molar-refractivity contribution < 1.29 is 27.4 Å². The number of anilines is 2. The lowest BCUT2D eigenvalue weighted by Gasteiger charge is -2.28. The maximum absolute atomic E-state index is 14.0. The molecule has 5 aromatic rings. The van der Waals surface area contributed by atoms with Gasteiger partial charge in [0.1, 0.15) is 16.9 Å². The smallest absolute Gasteiger partial charge is 0.433 e. The summed E-state index contributed by atoms with van der Waals surface area (Å²) >= 11 is 7.22. The van der Waals surface area contributed by atoms with E-state index >= 15 is 0 Å². The number of hydrogen-bond acceptors (Lipinski definition) is 9. The summed E-state index contributed by atoms with van der Waals surface area (Å²) in [6, 6.07) is 13.6. The summed E-state index contributed by atoms with van der Waals surface area (Å²) < 4.78 is 55.1. The molecular weight excluding hydrogens is 777 g/mol. The first-order chi connectivity index (χ1) is 27.6. The largest absolute Gasteiger partial charge is 0.481 e. The Labute approximate surface area is 336 Å². The Morgan fingerprint density at radius 3 is 2.48 bits per heavy atom. The maximum atomic E-state index is 14.0. The van der Waals surface area contributed by atoms with Crippen LogP contribution in [0.2, 0.25) is 5.02 Å². The zero-order valence-electron chi connectivity index (χ0n) is 32.6. The molecule has 58 heavy (non-hydrogen) atoms. The molecule has 2 saturated heterocycles. The number of fused-ring (bicyclic) bond motifs is 2. The molecular formula is C41H42ClF3N8O5. The van der Waals surface area contributed by atoms with Crippen LogP contribution in [0.25, 0.3) is 33.3 Å². The fraction of sp³-hybridized carbons (Fsp3) is 0.390. The number of aryl methyl sites for hydroxylation is 2. The van der Waals surface area contributed by atoms with Crippen LogP contribution in [-0.4, -0.2) is 87.5 Å². The van der Waals surface area contributed by atoms with Crippen molar-refractivity contribution in [1.29, 1.82) is 0 Å². The zero-order valence-corrected chi connectivity index (χ0v) is 33.3. The number of amides is 2. The first-order valence-corrected chi connectivity index (χ1v) is 19.2. The molecule has 8 rings (SSSR count). The number of hydrogen-bond donors (Lipinski definition) is 2. The summed E-state index contributed by atoms with van der Waals surface area (Å²) in [7, 11) is 5.80. The maximum Gasteiger partial charge on any atom is 0.433 e. The Hall–Kier alpha value is -5.45. The average Bonchev–Trinajstić information content (AvgIpc) is 3.90. The SMILES string of the molecule is COCCN1CC2(CCN(C3CCc4cc(-c5cccc(-c6cccc(Nc7nc(C(F)(F)F)cc8c7c(=O)n(C)c(=O)n8C)c6C)c5Cl)nc(OC)c43)C2)NC1=O. The van der Waals surface area contributed by atoms with Crippen molar-refractivity contribution in [1.82, 2.24) is 34.2 Å². The normalized spacial score (nSPS) is 19.4. The predicted molar refractivity (Wildman–Crippen MR) is 214 cm³/mol. The van der Waals surface area contributed by atoms with Gasteiger partial charge in [-0.15, -0.1) is 0 Å². The molecule has 304 valence electrons. The second-order valence-corrected chi connectivity index (χ2v) is 15.6. The molecule has 3 aliphatic rings. The molecule has 0 bridgehead atoms. The fourth-order valence-corrected chi connectivity index (χ4v) is 9.09. The molecule has 13 nitrogen and oxygen atoms in total. The van der Waals surface area contributed by atoms with E-state index in [9.17, 15) is 27.6 Å². The van der Waals surface area contributed by atoms with E-state index in [-0.39, 0.29) is 34.3 Å². The predicted octanol–water partition coefficient (Wildman–Crippen LogP) is 6.20. The van der Waals surface area contributed by atoms with Gasteiger partial charge in [0.05, 0.1) is 35.5 Å². The lowest BCUT2D eigenvalue weighted by Crippen LogP contribution is -2.46. The standard InChI is InChI=1S/C41H42ClF3N8O5/c1-22-24(8-7-11-27(22)46-35-33-30(19-31(48-35)41(43,44)45)50(2)39(56)51(3)37(33)54)25-9-6-10-26(34(25)42)28-18-23-12-13-29(32(23)36(47-28)58-5)52-15-14-40(20-52)21-53(16-17-57-4)38(55)49-40/h6-11,18-19,29H,12-17,20-21H2,1-5H3,(H,46,48)(H,49,55). The average molecular weight is 819 g/mol. The number of aromatic nitrogens is 4. The molecule has 2 aliphatic heterocycles. The van der Waals surface area contributed by atoms with Crippen molar-refractivity contribution in [3.05, 3.63) is 96.8 Å². The number of alkyl halides is 3. The summed E-state index contributed by atoms with van der Waals surface area (Å²) in [5.74, 6) is 0.177. The highest BCUT2D eigenvalue weighted by Crippen LogP contribution is 2.47. The minimum atomic E-state index is -4.85. The van der Waals surface area contributed by atoms with E-state index < -0.39 is 23.1 Å². The number of ether oxygens (including phenoxy) is 2. The molecule has 17 heteroatoms. The van der Waals surface area contributed by atoms with Gasteiger partial charge in [0, 0.05) is 75.8 Å². The third-order valence-electron chi connectivity index (χ3n) is 11.8. The van der Waals surface area contributed by atoms with Crippen molar-refractivity contribution in [2.24, 2.45) is 14.1 Å². The van der Waals surface area contributed by atoms with E-state index in [1.165, 1.54) is 14.1 Å². The Kier molecular flexibility index (Phi) is 10.0.